The molecule has 2 aliphatic heterocycles. The van der Waals surface area contributed by atoms with Crippen LogP contribution in [0.4, 0.5) is 11.4 Å². The normalized spacial score (nSPS) is 15.4. The predicted molar refractivity (Wildman–Crippen MR) is 112 cm³/mol. The first-order valence-corrected chi connectivity index (χ1v) is 9.39. The number of anilines is 2. The average molecular weight is 418 g/mol. The number of benzene rings is 2. The van der Waals surface area contributed by atoms with Gasteiger partial charge < -0.3 is 9.47 Å². The number of hydrogen-bond donors (Lipinski definition) is 0. The summed E-state index contributed by atoms with van der Waals surface area (Å²) in [6.07, 6.45) is 5.26. The Bertz CT molecular complexity index is 1050. The summed E-state index contributed by atoms with van der Waals surface area (Å²) in [5.41, 5.74) is 2.30. The topological polar surface area (TPSA) is 93.2 Å². The summed E-state index contributed by atoms with van der Waals surface area (Å²) < 4.78 is 10.6. The summed E-state index contributed by atoms with van der Waals surface area (Å²) in [5, 5.41) is 0. The van der Waals surface area contributed by atoms with Crippen LogP contribution in [0.25, 0.3) is 0 Å². The molecule has 4 amide bonds. The van der Waals surface area contributed by atoms with E-state index in [1.165, 1.54) is 38.5 Å². The highest BCUT2D eigenvalue weighted by atomic mass is 16.5. The molecule has 0 saturated heterocycles. The van der Waals surface area contributed by atoms with Crippen LogP contribution in [0.15, 0.2) is 60.7 Å². The van der Waals surface area contributed by atoms with Gasteiger partial charge in [-0.15, -0.1) is 0 Å². The first-order chi connectivity index (χ1) is 14.9. The second-order valence-corrected chi connectivity index (χ2v) is 6.88. The summed E-state index contributed by atoms with van der Waals surface area (Å²) in [4.78, 5) is 50.6. The molecule has 0 atom stereocenters. The van der Waals surface area contributed by atoms with Crippen molar-refractivity contribution >= 4 is 35.0 Å². The van der Waals surface area contributed by atoms with Crippen LogP contribution in [0.3, 0.4) is 0 Å². The highest BCUT2D eigenvalue weighted by Crippen LogP contribution is 2.34. The molecule has 0 saturated carbocycles. The molecule has 2 aromatic carbocycles. The van der Waals surface area contributed by atoms with Crippen LogP contribution in [0.2, 0.25) is 0 Å². The maximum Gasteiger partial charge on any atom is 0.258 e. The van der Waals surface area contributed by atoms with Crippen LogP contribution >= 0.6 is 0 Å². The van der Waals surface area contributed by atoms with Crippen molar-refractivity contribution in [2.24, 2.45) is 0 Å². The lowest BCUT2D eigenvalue weighted by Crippen LogP contribution is -2.30. The summed E-state index contributed by atoms with van der Waals surface area (Å²) in [5.74, 6) is -0.972. The van der Waals surface area contributed by atoms with Crippen molar-refractivity contribution in [2.75, 3.05) is 24.0 Å². The molecule has 0 N–H and O–H groups in total. The second-order valence-electron chi connectivity index (χ2n) is 6.88. The minimum atomic E-state index is -0.439. The molecule has 0 bridgehead atoms. The lowest BCUT2D eigenvalue weighted by atomic mass is 10.0. The van der Waals surface area contributed by atoms with E-state index in [0.717, 1.165) is 20.9 Å². The smallest absolute Gasteiger partial charge is 0.258 e. The molecule has 31 heavy (non-hydrogen) atoms. The number of imide groups is 2. The van der Waals surface area contributed by atoms with Crippen molar-refractivity contribution < 1.29 is 28.7 Å². The summed E-state index contributed by atoms with van der Waals surface area (Å²) >= 11 is 0. The highest BCUT2D eigenvalue weighted by Gasteiger charge is 2.29. The van der Waals surface area contributed by atoms with Gasteiger partial charge in [-0.25, -0.2) is 9.80 Å². The molecule has 2 heterocycles. The monoisotopic (exact) mass is 418 g/mol. The fourth-order valence-corrected chi connectivity index (χ4v) is 3.55. The van der Waals surface area contributed by atoms with Gasteiger partial charge in [0.1, 0.15) is 11.5 Å². The van der Waals surface area contributed by atoms with E-state index in [2.05, 4.69) is 0 Å². The number of carbonyl (C=O) groups excluding carboxylic acids is 4. The van der Waals surface area contributed by atoms with Crippen molar-refractivity contribution in [3.63, 3.8) is 0 Å². The van der Waals surface area contributed by atoms with Crippen molar-refractivity contribution in [1.82, 2.24) is 0 Å². The standard InChI is InChI=1S/C23H18N2O6/c1-30-18-5-3-14(12-16(18)24-20(26)7-8-21(24)27)11-15-4-6-19(31-2)17(13-15)25-22(28)9-10-23(25)29/h3-10,12-13H,11H2,1-2H3. The van der Waals surface area contributed by atoms with E-state index in [1.54, 1.807) is 24.3 Å². The molecule has 8 nitrogen and oxygen atoms in total. The van der Waals surface area contributed by atoms with E-state index in [-0.39, 0.29) is 0 Å². The Morgan fingerprint density at radius 1 is 0.613 bits per heavy atom. The van der Waals surface area contributed by atoms with E-state index < -0.39 is 23.6 Å². The van der Waals surface area contributed by atoms with Crippen molar-refractivity contribution in [3.8, 4) is 11.5 Å². The molecule has 2 aliphatic rings. The van der Waals surface area contributed by atoms with Crippen LogP contribution < -0.4 is 19.3 Å². The Hall–Kier alpha value is -4.20. The summed E-state index contributed by atoms with van der Waals surface area (Å²) in [6.45, 7) is 0. The summed E-state index contributed by atoms with van der Waals surface area (Å²) in [6, 6.07) is 10.4. The minimum Gasteiger partial charge on any atom is -0.495 e. The zero-order valence-corrected chi connectivity index (χ0v) is 16.8. The number of amides is 4. The molecule has 0 aromatic heterocycles. The largest absolute Gasteiger partial charge is 0.495 e. The van der Waals surface area contributed by atoms with Gasteiger partial charge in [0.05, 0.1) is 25.6 Å². The Balaban J connectivity index is 1.68. The third-order valence-electron chi connectivity index (χ3n) is 5.00. The maximum atomic E-state index is 12.1. The van der Waals surface area contributed by atoms with Crippen molar-refractivity contribution in [3.05, 3.63) is 71.8 Å². The van der Waals surface area contributed by atoms with Crippen LogP contribution in [0, 0.1) is 0 Å². The van der Waals surface area contributed by atoms with E-state index in [0.29, 0.717) is 29.3 Å². The van der Waals surface area contributed by atoms with E-state index in [9.17, 15) is 19.2 Å². The lowest BCUT2D eigenvalue weighted by Gasteiger charge is -2.20. The molecule has 0 fully saturated rings. The van der Waals surface area contributed by atoms with Crippen LogP contribution in [0.1, 0.15) is 11.1 Å². The molecule has 8 heteroatoms. The van der Waals surface area contributed by atoms with Gasteiger partial charge in [0, 0.05) is 24.3 Å². The van der Waals surface area contributed by atoms with E-state index in [4.69, 9.17) is 9.47 Å². The van der Waals surface area contributed by atoms with Gasteiger partial charge in [-0.2, -0.15) is 0 Å². The van der Waals surface area contributed by atoms with Crippen LogP contribution in [-0.4, -0.2) is 37.8 Å². The number of hydrogen-bond acceptors (Lipinski definition) is 6. The van der Waals surface area contributed by atoms with Gasteiger partial charge in [-0.3, -0.25) is 19.2 Å². The van der Waals surface area contributed by atoms with Gasteiger partial charge in [0.15, 0.2) is 0 Å². The van der Waals surface area contributed by atoms with Crippen molar-refractivity contribution in [1.29, 1.82) is 0 Å². The molecular formula is C23H18N2O6. The maximum absolute atomic E-state index is 12.1. The fourth-order valence-electron chi connectivity index (χ4n) is 3.55. The highest BCUT2D eigenvalue weighted by molar-refractivity contribution is 6.29. The summed E-state index contributed by atoms with van der Waals surface area (Å²) in [7, 11) is 2.93. The van der Waals surface area contributed by atoms with Gasteiger partial charge in [0.25, 0.3) is 23.6 Å². The number of rotatable bonds is 6. The van der Waals surface area contributed by atoms with Gasteiger partial charge in [-0.05, 0) is 41.8 Å². The Morgan fingerprint density at radius 2 is 0.968 bits per heavy atom. The molecule has 4 rings (SSSR count). The fraction of sp³-hybridized carbons (Fsp3) is 0.130. The van der Waals surface area contributed by atoms with E-state index >= 15 is 0 Å². The van der Waals surface area contributed by atoms with E-state index in [1.807, 2.05) is 12.1 Å². The van der Waals surface area contributed by atoms with Crippen LogP contribution in [0.5, 0.6) is 11.5 Å². The predicted octanol–water partition coefficient (Wildman–Crippen LogP) is 2.15. The molecule has 0 unspecified atom stereocenters. The number of carbonyl (C=O) groups is 4. The molecule has 0 spiro atoms. The molecule has 2 aromatic rings. The number of methoxy groups -OCH3 is 2. The molecule has 0 aliphatic carbocycles. The average Bonchev–Trinajstić information content (AvgIpc) is 3.28. The first-order valence-electron chi connectivity index (χ1n) is 9.39. The number of ether oxygens (including phenoxy) is 2. The van der Waals surface area contributed by atoms with Gasteiger partial charge >= 0.3 is 0 Å². The Morgan fingerprint density at radius 3 is 1.29 bits per heavy atom. The minimum absolute atomic E-state index is 0.350. The number of nitrogens with zero attached hydrogens (tertiary/aromatic N) is 2. The molecule has 156 valence electrons. The zero-order chi connectivity index (χ0) is 22.1. The molecule has 0 radical (unpaired) electrons. The Labute approximate surface area is 178 Å². The first kappa shape index (κ1) is 20.1. The SMILES string of the molecule is COc1ccc(Cc2ccc(OC)c(N3C(=O)C=CC3=O)c2)cc1N1C(=O)C=CC1=O. The van der Waals surface area contributed by atoms with Gasteiger partial charge in [-0.1, -0.05) is 12.1 Å². The quantitative estimate of drug-likeness (QED) is 0.668. The van der Waals surface area contributed by atoms with Crippen LogP contribution in [-0.2, 0) is 25.6 Å². The third kappa shape index (κ3) is 3.59. The second kappa shape index (κ2) is 7.91. The molecular weight excluding hydrogens is 400 g/mol. The lowest BCUT2D eigenvalue weighted by molar-refractivity contribution is -0.121. The van der Waals surface area contributed by atoms with Gasteiger partial charge in [0.2, 0.25) is 0 Å². The zero-order valence-electron chi connectivity index (χ0n) is 16.8. The third-order valence-corrected chi connectivity index (χ3v) is 5.00. The van der Waals surface area contributed by atoms with Crippen molar-refractivity contribution in [2.45, 2.75) is 6.42 Å². The Kier molecular flexibility index (Phi) is 5.12.